The standard InChI is InChI=1S/C15H21FN2O2/c1-20-14-5-4-11(7-13(14)16)8-15(19)18-10-12-3-2-6-17-9-12/h4-5,7,12,17H,2-3,6,8-10H2,1H3,(H,18,19)/t12-/m0/s1. The lowest BCUT2D eigenvalue weighted by atomic mass is 9.99. The van der Waals surface area contributed by atoms with E-state index >= 15 is 0 Å². The highest BCUT2D eigenvalue weighted by molar-refractivity contribution is 5.78. The summed E-state index contributed by atoms with van der Waals surface area (Å²) in [7, 11) is 1.42. The molecule has 1 aliphatic rings. The van der Waals surface area contributed by atoms with Crippen molar-refractivity contribution in [3.63, 3.8) is 0 Å². The van der Waals surface area contributed by atoms with Gasteiger partial charge in [-0.15, -0.1) is 0 Å². The fraction of sp³-hybridized carbons (Fsp3) is 0.533. The van der Waals surface area contributed by atoms with Crippen molar-refractivity contribution in [3.05, 3.63) is 29.6 Å². The minimum absolute atomic E-state index is 0.0693. The Hall–Kier alpha value is -1.62. The highest BCUT2D eigenvalue weighted by Gasteiger charge is 2.14. The van der Waals surface area contributed by atoms with Crippen molar-refractivity contribution in [1.29, 1.82) is 0 Å². The van der Waals surface area contributed by atoms with Crippen LogP contribution in [0.3, 0.4) is 0 Å². The summed E-state index contributed by atoms with van der Waals surface area (Å²) >= 11 is 0. The molecule has 1 aromatic carbocycles. The monoisotopic (exact) mass is 280 g/mol. The molecule has 2 rings (SSSR count). The summed E-state index contributed by atoms with van der Waals surface area (Å²) in [5.74, 6) is 0.192. The maximum atomic E-state index is 13.5. The van der Waals surface area contributed by atoms with Gasteiger partial charge in [-0.2, -0.15) is 0 Å². The molecule has 110 valence electrons. The quantitative estimate of drug-likeness (QED) is 0.859. The Bertz CT molecular complexity index is 459. The van der Waals surface area contributed by atoms with Crippen LogP contribution < -0.4 is 15.4 Å². The maximum absolute atomic E-state index is 13.5. The third-order valence-electron chi connectivity index (χ3n) is 3.57. The first-order valence-electron chi connectivity index (χ1n) is 6.99. The molecule has 1 amide bonds. The van der Waals surface area contributed by atoms with Crippen LogP contribution in [0.5, 0.6) is 5.75 Å². The summed E-state index contributed by atoms with van der Waals surface area (Å²) in [5, 5.41) is 6.23. The largest absolute Gasteiger partial charge is 0.494 e. The zero-order valence-electron chi connectivity index (χ0n) is 11.7. The number of rotatable bonds is 5. The molecule has 1 atom stereocenters. The average molecular weight is 280 g/mol. The fourth-order valence-electron chi connectivity index (χ4n) is 2.42. The lowest BCUT2D eigenvalue weighted by molar-refractivity contribution is -0.120. The predicted molar refractivity (Wildman–Crippen MR) is 75.3 cm³/mol. The van der Waals surface area contributed by atoms with Crippen LogP contribution in [0.25, 0.3) is 0 Å². The van der Waals surface area contributed by atoms with Gasteiger partial charge in [-0.3, -0.25) is 4.79 Å². The molecule has 0 spiro atoms. The van der Waals surface area contributed by atoms with Gasteiger partial charge in [-0.1, -0.05) is 6.07 Å². The summed E-state index contributed by atoms with van der Waals surface area (Å²) in [6.45, 7) is 2.71. The number of benzene rings is 1. The van der Waals surface area contributed by atoms with E-state index in [1.165, 1.54) is 13.2 Å². The van der Waals surface area contributed by atoms with Crippen LogP contribution in [0.1, 0.15) is 18.4 Å². The van der Waals surface area contributed by atoms with E-state index in [0.717, 1.165) is 25.9 Å². The number of carbonyl (C=O) groups excluding carboxylic acids is 1. The van der Waals surface area contributed by atoms with Crippen molar-refractivity contribution in [2.75, 3.05) is 26.7 Å². The summed E-state index contributed by atoms with van der Waals surface area (Å²) in [4.78, 5) is 11.8. The van der Waals surface area contributed by atoms with Gasteiger partial charge in [0.2, 0.25) is 5.91 Å². The smallest absolute Gasteiger partial charge is 0.224 e. The van der Waals surface area contributed by atoms with E-state index in [1.807, 2.05) is 0 Å². The highest BCUT2D eigenvalue weighted by Crippen LogP contribution is 2.18. The number of hydrogen-bond acceptors (Lipinski definition) is 3. The molecule has 5 heteroatoms. The Kier molecular flexibility index (Phi) is 5.35. The molecule has 1 heterocycles. The molecule has 1 saturated heterocycles. The van der Waals surface area contributed by atoms with Gasteiger partial charge < -0.3 is 15.4 Å². The number of carbonyl (C=O) groups is 1. The van der Waals surface area contributed by atoms with E-state index in [2.05, 4.69) is 10.6 Å². The number of nitrogens with one attached hydrogen (secondary N) is 2. The van der Waals surface area contributed by atoms with E-state index in [1.54, 1.807) is 12.1 Å². The third kappa shape index (κ3) is 4.20. The molecule has 0 aliphatic carbocycles. The molecular weight excluding hydrogens is 259 g/mol. The summed E-state index contributed by atoms with van der Waals surface area (Å²) in [5.41, 5.74) is 0.655. The number of hydrogen-bond donors (Lipinski definition) is 2. The first-order chi connectivity index (χ1) is 9.69. The maximum Gasteiger partial charge on any atom is 0.224 e. The van der Waals surface area contributed by atoms with Gasteiger partial charge in [0.1, 0.15) is 0 Å². The van der Waals surface area contributed by atoms with Crippen LogP contribution in [0, 0.1) is 11.7 Å². The minimum Gasteiger partial charge on any atom is -0.494 e. The Morgan fingerprint density at radius 1 is 1.55 bits per heavy atom. The van der Waals surface area contributed by atoms with Gasteiger partial charge in [-0.05, 0) is 49.5 Å². The molecular formula is C15H21FN2O2. The number of halogens is 1. The first kappa shape index (κ1) is 14.8. The zero-order valence-corrected chi connectivity index (χ0v) is 11.7. The van der Waals surface area contributed by atoms with Gasteiger partial charge in [-0.25, -0.2) is 4.39 Å². The van der Waals surface area contributed by atoms with Crippen LogP contribution in [0.4, 0.5) is 4.39 Å². The molecule has 1 aromatic rings. The van der Waals surface area contributed by atoms with E-state index in [9.17, 15) is 9.18 Å². The molecule has 0 unspecified atom stereocenters. The average Bonchev–Trinajstić information content (AvgIpc) is 2.46. The van der Waals surface area contributed by atoms with Crippen molar-refractivity contribution in [3.8, 4) is 5.75 Å². The lowest BCUT2D eigenvalue weighted by Gasteiger charge is -2.22. The summed E-state index contributed by atoms with van der Waals surface area (Å²) in [6.07, 6.45) is 2.50. The molecule has 0 saturated carbocycles. The second kappa shape index (κ2) is 7.24. The summed E-state index contributed by atoms with van der Waals surface area (Å²) < 4.78 is 18.4. The predicted octanol–water partition coefficient (Wildman–Crippen LogP) is 1.49. The van der Waals surface area contributed by atoms with Crippen molar-refractivity contribution in [2.45, 2.75) is 19.3 Å². The molecule has 0 aromatic heterocycles. The van der Waals surface area contributed by atoms with Gasteiger partial charge in [0.05, 0.1) is 13.5 Å². The Labute approximate surface area is 118 Å². The molecule has 1 aliphatic heterocycles. The number of ether oxygens (including phenoxy) is 1. The zero-order chi connectivity index (χ0) is 14.4. The van der Waals surface area contributed by atoms with Crippen LogP contribution in [-0.4, -0.2) is 32.7 Å². The minimum atomic E-state index is -0.436. The van der Waals surface area contributed by atoms with Gasteiger partial charge in [0.25, 0.3) is 0 Å². The van der Waals surface area contributed by atoms with Gasteiger partial charge in [0.15, 0.2) is 11.6 Å². The molecule has 0 bridgehead atoms. The second-order valence-electron chi connectivity index (χ2n) is 5.16. The van der Waals surface area contributed by atoms with E-state index < -0.39 is 5.82 Å². The van der Waals surface area contributed by atoms with Crippen molar-refractivity contribution >= 4 is 5.91 Å². The molecule has 4 nitrogen and oxygen atoms in total. The normalized spacial score (nSPS) is 18.6. The van der Waals surface area contributed by atoms with Crippen LogP contribution in [0.15, 0.2) is 18.2 Å². The number of methoxy groups -OCH3 is 1. The SMILES string of the molecule is COc1ccc(CC(=O)NC[C@H]2CCCNC2)cc1F. The third-order valence-corrected chi connectivity index (χ3v) is 3.57. The summed E-state index contributed by atoms with van der Waals surface area (Å²) in [6, 6.07) is 4.60. The van der Waals surface area contributed by atoms with Crippen molar-refractivity contribution in [1.82, 2.24) is 10.6 Å². The molecule has 2 N–H and O–H groups in total. The molecule has 20 heavy (non-hydrogen) atoms. The topological polar surface area (TPSA) is 50.4 Å². The molecule has 0 radical (unpaired) electrons. The number of piperidine rings is 1. The number of amides is 1. The Morgan fingerprint density at radius 2 is 2.40 bits per heavy atom. The van der Waals surface area contributed by atoms with E-state index in [0.29, 0.717) is 18.0 Å². The van der Waals surface area contributed by atoms with E-state index in [4.69, 9.17) is 4.74 Å². The highest BCUT2D eigenvalue weighted by atomic mass is 19.1. The van der Waals surface area contributed by atoms with Crippen LogP contribution >= 0.6 is 0 Å². The van der Waals surface area contributed by atoms with Gasteiger partial charge in [0, 0.05) is 6.54 Å². The Morgan fingerprint density at radius 3 is 3.05 bits per heavy atom. The van der Waals surface area contributed by atoms with Gasteiger partial charge >= 0.3 is 0 Å². The Balaban J connectivity index is 1.80. The van der Waals surface area contributed by atoms with Crippen LogP contribution in [-0.2, 0) is 11.2 Å². The first-order valence-corrected chi connectivity index (χ1v) is 6.99. The van der Waals surface area contributed by atoms with Crippen LogP contribution in [0.2, 0.25) is 0 Å². The lowest BCUT2D eigenvalue weighted by Crippen LogP contribution is -2.38. The van der Waals surface area contributed by atoms with E-state index in [-0.39, 0.29) is 18.1 Å². The fourth-order valence-corrected chi connectivity index (χ4v) is 2.42. The van der Waals surface area contributed by atoms with Crippen molar-refractivity contribution < 1.29 is 13.9 Å². The second-order valence-corrected chi connectivity index (χ2v) is 5.16. The molecule has 1 fully saturated rings. The van der Waals surface area contributed by atoms with Crippen molar-refractivity contribution in [2.24, 2.45) is 5.92 Å².